The van der Waals surface area contributed by atoms with E-state index >= 15 is 0 Å². The van der Waals surface area contributed by atoms with Crippen LogP contribution in [0.5, 0.6) is 0 Å². The molecular weight excluding hydrogens is 216 g/mol. The summed E-state index contributed by atoms with van der Waals surface area (Å²) in [4.78, 5) is 25.1. The lowest BCUT2D eigenvalue weighted by molar-refractivity contribution is -0.133. The number of carbonyl (C=O) groups is 2. The Balaban J connectivity index is 1.73. The van der Waals surface area contributed by atoms with Gasteiger partial charge >= 0.3 is 0 Å². The SMILES string of the molecule is CC=CC(=O)NC1CCN(C(=O)C2CC2)CC1. The average molecular weight is 236 g/mol. The Hall–Kier alpha value is -1.32. The van der Waals surface area contributed by atoms with Crippen LogP contribution in [0.4, 0.5) is 0 Å². The molecule has 0 atom stereocenters. The summed E-state index contributed by atoms with van der Waals surface area (Å²) in [5.74, 6) is 0.604. The Labute approximate surface area is 102 Å². The third kappa shape index (κ3) is 3.32. The van der Waals surface area contributed by atoms with Crippen LogP contribution in [0.25, 0.3) is 0 Å². The zero-order chi connectivity index (χ0) is 12.3. The van der Waals surface area contributed by atoms with Crippen molar-refractivity contribution in [2.24, 2.45) is 5.92 Å². The van der Waals surface area contributed by atoms with E-state index in [1.807, 2.05) is 11.8 Å². The van der Waals surface area contributed by atoms with Crippen LogP contribution < -0.4 is 5.32 Å². The number of hydrogen-bond acceptors (Lipinski definition) is 2. The van der Waals surface area contributed by atoms with E-state index in [1.54, 1.807) is 12.2 Å². The molecule has 1 heterocycles. The topological polar surface area (TPSA) is 49.4 Å². The van der Waals surface area contributed by atoms with Gasteiger partial charge in [-0.1, -0.05) is 6.08 Å². The van der Waals surface area contributed by atoms with Crippen molar-refractivity contribution in [1.29, 1.82) is 0 Å². The number of rotatable bonds is 3. The van der Waals surface area contributed by atoms with Crippen LogP contribution in [0.2, 0.25) is 0 Å². The molecule has 4 nitrogen and oxygen atoms in total. The summed E-state index contributed by atoms with van der Waals surface area (Å²) in [5, 5.41) is 2.96. The number of carbonyl (C=O) groups excluding carboxylic acids is 2. The molecule has 2 amide bonds. The predicted molar refractivity (Wildman–Crippen MR) is 65.3 cm³/mol. The van der Waals surface area contributed by atoms with Gasteiger partial charge in [-0.15, -0.1) is 0 Å². The third-order valence-corrected chi connectivity index (χ3v) is 3.40. The number of nitrogens with zero attached hydrogens (tertiary/aromatic N) is 1. The van der Waals surface area contributed by atoms with Crippen molar-refractivity contribution in [2.75, 3.05) is 13.1 Å². The van der Waals surface area contributed by atoms with Crippen LogP contribution in [0.1, 0.15) is 32.6 Å². The molecule has 1 saturated heterocycles. The van der Waals surface area contributed by atoms with Gasteiger partial charge in [-0.2, -0.15) is 0 Å². The Morgan fingerprint density at radius 3 is 2.35 bits per heavy atom. The zero-order valence-corrected chi connectivity index (χ0v) is 10.3. The summed E-state index contributed by atoms with van der Waals surface area (Å²) in [7, 11) is 0. The number of hydrogen-bond donors (Lipinski definition) is 1. The molecule has 2 rings (SSSR count). The maximum absolute atomic E-state index is 11.8. The van der Waals surface area contributed by atoms with Crippen molar-refractivity contribution in [3.63, 3.8) is 0 Å². The quantitative estimate of drug-likeness (QED) is 0.745. The summed E-state index contributed by atoms with van der Waals surface area (Å²) >= 11 is 0. The first-order valence-electron chi connectivity index (χ1n) is 6.42. The van der Waals surface area contributed by atoms with Gasteiger partial charge in [0.05, 0.1) is 0 Å². The van der Waals surface area contributed by atoms with Gasteiger partial charge in [0.25, 0.3) is 0 Å². The summed E-state index contributed by atoms with van der Waals surface area (Å²) in [6.07, 6.45) is 7.17. The molecule has 4 heteroatoms. The fourth-order valence-corrected chi connectivity index (χ4v) is 2.23. The van der Waals surface area contributed by atoms with Gasteiger partial charge in [0.15, 0.2) is 0 Å². The lowest BCUT2D eigenvalue weighted by Crippen LogP contribution is -2.46. The van der Waals surface area contributed by atoms with Crippen LogP contribution in [-0.4, -0.2) is 35.8 Å². The Morgan fingerprint density at radius 1 is 1.18 bits per heavy atom. The number of allylic oxidation sites excluding steroid dienone is 1. The molecule has 1 aliphatic carbocycles. The van der Waals surface area contributed by atoms with Crippen molar-refractivity contribution in [1.82, 2.24) is 10.2 Å². The number of likely N-dealkylation sites (tertiary alicyclic amines) is 1. The lowest BCUT2D eigenvalue weighted by atomic mass is 10.0. The smallest absolute Gasteiger partial charge is 0.243 e. The highest BCUT2D eigenvalue weighted by molar-refractivity contribution is 5.87. The highest BCUT2D eigenvalue weighted by atomic mass is 16.2. The first-order chi connectivity index (χ1) is 8.20. The molecule has 17 heavy (non-hydrogen) atoms. The first-order valence-corrected chi connectivity index (χ1v) is 6.42. The zero-order valence-electron chi connectivity index (χ0n) is 10.3. The largest absolute Gasteiger partial charge is 0.350 e. The van der Waals surface area contributed by atoms with E-state index in [1.165, 1.54) is 0 Å². The first kappa shape index (κ1) is 12.1. The van der Waals surface area contributed by atoms with Crippen LogP contribution in [0.15, 0.2) is 12.2 Å². The van der Waals surface area contributed by atoms with Crippen molar-refractivity contribution in [2.45, 2.75) is 38.6 Å². The fraction of sp³-hybridized carbons (Fsp3) is 0.692. The van der Waals surface area contributed by atoms with E-state index in [-0.39, 0.29) is 11.9 Å². The second-order valence-corrected chi connectivity index (χ2v) is 4.88. The molecule has 0 radical (unpaired) electrons. The van der Waals surface area contributed by atoms with Gasteiger partial charge in [-0.05, 0) is 38.7 Å². The molecule has 0 spiro atoms. The molecule has 1 aliphatic heterocycles. The summed E-state index contributed by atoms with van der Waals surface area (Å²) < 4.78 is 0. The molecule has 1 saturated carbocycles. The monoisotopic (exact) mass is 236 g/mol. The van der Waals surface area contributed by atoms with E-state index in [2.05, 4.69) is 5.32 Å². The van der Waals surface area contributed by atoms with Gasteiger partial charge in [0, 0.05) is 25.0 Å². The molecule has 0 aromatic carbocycles. The van der Waals surface area contributed by atoms with Crippen molar-refractivity contribution in [3.05, 3.63) is 12.2 Å². The molecule has 2 aliphatic rings. The van der Waals surface area contributed by atoms with Crippen LogP contribution in [-0.2, 0) is 9.59 Å². The van der Waals surface area contributed by atoms with Crippen LogP contribution in [0, 0.1) is 5.92 Å². The highest BCUT2D eigenvalue weighted by Gasteiger charge is 2.34. The van der Waals surface area contributed by atoms with E-state index < -0.39 is 0 Å². The maximum Gasteiger partial charge on any atom is 0.243 e. The lowest BCUT2D eigenvalue weighted by Gasteiger charge is -2.32. The summed E-state index contributed by atoms with van der Waals surface area (Å²) in [6, 6.07) is 0.224. The average Bonchev–Trinajstić information content (AvgIpc) is 3.13. The van der Waals surface area contributed by atoms with E-state index in [9.17, 15) is 9.59 Å². The van der Waals surface area contributed by atoms with E-state index in [4.69, 9.17) is 0 Å². The fourth-order valence-electron chi connectivity index (χ4n) is 2.23. The number of piperidine rings is 1. The molecule has 1 N–H and O–H groups in total. The Kier molecular flexibility index (Phi) is 3.82. The minimum atomic E-state index is -0.0283. The normalized spacial score (nSPS) is 21.8. The maximum atomic E-state index is 11.8. The van der Waals surface area contributed by atoms with Crippen LogP contribution >= 0.6 is 0 Å². The van der Waals surface area contributed by atoms with Gasteiger partial charge in [0.2, 0.25) is 11.8 Å². The van der Waals surface area contributed by atoms with Gasteiger partial charge < -0.3 is 10.2 Å². The minimum Gasteiger partial charge on any atom is -0.350 e. The molecule has 2 fully saturated rings. The second kappa shape index (κ2) is 5.34. The molecule has 0 aromatic rings. The summed E-state index contributed by atoms with van der Waals surface area (Å²) in [6.45, 7) is 3.41. The van der Waals surface area contributed by atoms with Crippen molar-refractivity contribution >= 4 is 11.8 Å². The Bertz CT molecular complexity index is 326. The Morgan fingerprint density at radius 2 is 1.82 bits per heavy atom. The molecule has 0 unspecified atom stereocenters. The second-order valence-electron chi connectivity index (χ2n) is 4.88. The van der Waals surface area contributed by atoms with Crippen molar-refractivity contribution in [3.8, 4) is 0 Å². The molecule has 0 aromatic heterocycles. The van der Waals surface area contributed by atoms with Crippen molar-refractivity contribution < 1.29 is 9.59 Å². The van der Waals surface area contributed by atoms with Gasteiger partial charge in [-0.25, -0.2) is 0 Å². The molecular formula is C13H20N2O2. The number of nitrogens with one attached hydrogen (secondary N) is 1. The van der Waals surface area contributed by atoms with E-state index in [0.29, 0.717) is 11.8 Å². The number of amides is 2. The van der Waals surface area contributed by atoms with Crippen LogP contribution in [0.3, 0.4) is 0 Å². The minimum absolute atomic E-state index is 0.0283. The standard InChI is InChI=1S/C13H20N2O2/c1-2-3-12(16)14-11-6-8-15(9-7-11)13(17)10-4-5-10/h2-3,10-11H,4-9H2,1H3,(H,14,16). The molecule has 94 valence electrons. The predicted octanol–water partition coefficient (Wildman–Crippen LogP) is 1.08. The van der Waals surface area contributed by atoms with E-state index in [0.717, 1.165) is 38.8 Å². The third-order valence-electron chi connectivity index (χ3n) is 3.40. The highest BCUT2D eigenvalue weighted by Crippen LogP contribution is 2.31. The summed E-state index contributed by atoms with van der Waals surface area (Å²) in [5.41, 5.74) is 0. The van der Waals surface area contributed by atoms with Gasteiger partial charge in [0.1, 0.15) is 0 Å². The molecule has 0 bridgehead atoms. The van der Waals surface area contributed by atoms with Gasteiger partial charge in [-0.3, -0.25) is 9.59 Å².